The van der Waals surface area contributed by atoms with E-state index >= 15 is 0 Å². The number of halogens is 1. The van der Waals surface area contributed by atoms with E-state index in [2.05, 4.69) is 5.10 Å². The number of rotatable bonds is 3. The highest BCUT2D eigenvalue weighted by Gasteiger charge is 2.40. The van der Waals surface area contributed by atoms with Crippen LogP contribution in [0.25, 0.3) is 5.69 Å². The maximum absolute atomic E-state index is 13.2. The van der Waals surface area contributed by atoms with Crippen molar-refractivity contribution in [2.45, 2.75) is 33.6 Å². The summed E-state index contributed by atoms with van der Waals surface area (Å²) in [7, 11) is 0. The monoisotopic (exact) mass is 359 g/mol. The SMILES string of the molecule is Cc1nn(-c2ccc(F)cc2)c(C)c1C(=O)N1CCCC(C)(C(=O)O)C1. The summed E-state index contributed by atoms with van der Waals surface area (Å²) < 4.78 is 14.8. The molecular formula is C19H22FN3O3. The number of carbonyl (C=O) groups is 2. The Morgan fingerprint density at radius 2 is 1.88 bits per heavy atom. The molecule has 26 heavy (non-hydrogen) atoms. The van der Waals surface area contributed by atoms with Gasteiger partial charge in [0, 0.05) is 13.1 Å². The molecule has 138 valence electrons. The fourth-order valence-electron chi connectivity index (χ4n) is 3.53. The fourth-order valence-corrected chi connectivity index (χ4v) is 3.53. The average molecular weight is 359 g/mol. The maximum Gasteiger partial charge on any atom is 0.311 e. The van der Waals surface area contributed by atoms with Gasteiger partial charge in [0.05, 0.1) is 28.1 Å². The second-order valence-electron chi connectivity index (χ2n) is 7.13. The molecule has 1 aliphatic heterocycles. The molecule has 3 rings (SSSR count). The molecule has 0 saturated carbocycles. The molecule has 1 amide bonds. The topological polar surface area (TPSA) is 75.4 Å². The van der Waals surface area contributed by atoms with E-state index in [4.69, 9.17) is 0 Å². The third-order valence-corrected chi connectivity index (χ3v) is 5.08. The van der Waals surface area contributed by atoms with E-state index in [1.165, 1.54) is 12.1 Å². The van der Waals surface area contributed by atoms with Gasteiger partial charge in [0.25, 0.3) is 5.91 Å². The van der Waals surface area contributed by atoms with Gasteiger partial charge in [-0.3, -0.25) is 9.59 Å². The number of hydrogen-bond acceptors (Lipinski definition) is 3. The first-order chi connectivity index (χ1) is 12.2. The Morgan fingerprint density at radius 1 is 1.23 bits per heavy atom. The summed E-state index contributed by atoms with van der Waals surface area (Å²) in [5.74, 6) is -1.43. The number of piperidine rings is 1. The van der Waals surface area contributed by atoms with Crippen molar-refractivity contribution in [2.24, 2.45) is 5.41 Å². The molecule has 7 heteroatoms. The molecule has 1 fully saturated rings. The summed E-state index contributed by atoms with van der Waals surface area (Å²) in [5.41, 5.74) is 1.44. The number of likely N-dealkylation sites (tertiary alicyclic amines) is 1. The van der Waals surface area contributed by atoms with Gasteiger partial charge in [0.2, 0.25) is 0 Å². The summed E-state index contributed by atoms with van der Waals surface area (Å²) >= 11 is 0. The lowest BCUT2D eigenvalue weighted by Crippen LogP contribution is -2.48. The van der Waals surface area contributed by atoms with Crippen LogP contribution in [0.4, 0.5) is 4.39 Å². The summed E-state index contributed by atoms with van der Waals surface area (Å²) in [5, 5.41) is 13.9. The molecular weight excluding hydrogens is 337 g/mol. The molecule has 2 heterocycles. The Bertz CT molecular complexity index is 860. The molecule has 2 aromatic rings. The standard InChI is InChI=1S/C19H22FN3O3/c1-12-16(13(2)23(21-12)15-7-5-14(20)6-8-15)17(24)22-10-4-9-19(3,11-22)18(25)26/h5-8H,4,9-11H2,1-3H3,(H,25,26). The van der Waals surface area contributed by atoms with Crippen molar-refractivity contribution < 1.29 is 19.1 Å². The molecule has 0 spiro atoms. The summed E-state index contributed by atoms with van der Waals surface area (Å²) in [4.78, 5) is 26.2. The van der Waals surface area contributed by atoms with Crippen LogP contribution < -0.4 is 0 Å². The fraction of sp³-hybridized carbons (Fsp3) is 0.421. The van der Waals surface area contributed by atoms with E-state index in [-0.39, 0.29) is 18.3 Å². The zero-order valence-electron chi connectivity index (χ0n) is 15.1. The van der Waals surface area contributed by atoms with Gasteiger partial charge in [0.15, 0.2) is 0 Å². The van der Waals surface area contributed by atoms with Crippen LogP contribution in [0.3, 0.4) is 0 Å². The van der Waals surface area contributed by atoms with Crippen molar-refractivity contribution in [2.75, 3.05) is 13.1 Å². The number of carboxylic acid groups (broad SMARTS) is 1. The maximum atomic E-state index is 13.2. The largest absolute Gasteiger partial charge is 0.481 e. The van der Waals surface area contributed by atoms with Gasteiger partial charge in [0.1, 0.15) is 5.82 Å². The number of benzene rings is 1. The Balaban J connectivity index is 1.93. The highest BCUT2D eigenvalue weighted by Crippen LogP contribution is 2.31. The molecule has 0 aliphatic carbocycles. The molecule has 1 aromatic heterocycles. The van der Waals surface area contributed by atoms with Gasteiger partial charge in [-0.15, -0.1) is 0 Å². The third kappa shape index (κ3) is 3.09. The summed E-state index contributed by atoms with van der Waals surface area (Å²) in [6, 6.07) is 5.89. The van der Waals surface area contributed by atoms with Crippen molar-refractivity contribution in [1.29, 1.82) is 0 Å². The van der Waals surface area contributed by atoms with Crippen LogP contribution in [0.15, 0.2) is 24.3 Å². The number of hydrogen-bond donors (Lipinski definition) is 1. The molecule has 1 saturated heterocycles. The molecule has 0 radical (unpaired) electrons. The minimum atomic E-state index is -0.928. The van der Waals surface area contributed by atoms with E-state index in [9.17, 15) is 19.1 Å². The van der Waals surface area contributed by atoms with Crippen molar-refractivity contribution >= 4 is 11.9 Å². The van der Waals surface area contributed by atoms with Gasteiger partial charge in [-0.05, 0) is 57.9 Å². The van der Waals surface area contributed by atoms with Crippen LogP contribution in [0.5, 0.6) is 0 Å². The summed E-state index contributed by atoms with van der Waals surface area (Å²) in [6.07, 6.45) is 1.21. The Hall–Kier alpha value is -2.70. The first-order valence-corrected chi connectivity index (χ1v) is 8.58. The zero-order valence-corrected chi connectivity index (χ0v) is 15.1. The molecule has 1 atom stereocenters. The zero-order chi connectivity index (χ0) is 19.1. The Labute approximate surface area is 151 Å². The Morgan fingerprint density at radius 3 is 2.50 bits per heavy atom. The number of amides is 1. The molecule has 0 bridgehead atoms. The smallest absolute Gasteiger partial charge is 0.311 e. The van der Waals surface area contributed by atoms with E-state index in [0.717, 1.165) is 0 Å². The van der Waals surface area contributed by atoms with Crippen molar-refractivity contribution in [1.82, 2.24) is 14.7 Å². The minimum absolute atomic E-state index is 0.182. The van der Waals surface area contributed by atoms with E-state index < -0.39 is 11.4 Å². The number of carboxylic acids is 1. The van der Waals surface area contributed by atoms with Crippen LogP contribution in [-0.4, -0.2) is 44.8 Å². The van der Waals surface area contributed by atoms with Crippen molar-refractivity contribution in [3.05, 3.63) is 47.0 Å². The number of aliphatic carboxylic acids is 1. The second kappa shape index (κ2) is 6.55. The van der Waals surface area contributed by atoms with Gasteiger partial charge in [-0.25, -0.2) is 9.07 Å². The van der Waals surface area contributed by atoms with E-state index in [1.807, 2.05) is 0 Å². The number of aryl methyl sites for hydroxylation is 1. The molecule has 1 N–H and O–H groups in total. The van der Waals surface area contributed by atoms with Crippen LogP contribution in [0.2, 0.25) is 0 Å². The third-order valence-electron chi connectivity index (χ3n) is 5.08. The van der Waals surface area contributed by atoms with Crippen LogP contribution in [-0.2, 0) is 4.79 Å². The summed E-state index contributed by atoms with van der Waals surface area (Å²) in [6.45, 7) is 5.93. The van der Waals surface area contributed by atoms with Crippen LogP contribution >= 0.6 is 0 Å². The van der Waals surface area contributed by atoms with Crippen LogP contribution in [0, 0.1) is 25.1 Å². The average Bonchev–Trinajstić information content (AvgIpc) is 2.89. The predicted octanol–water partition coefficient (Wildman–Crippen LogP) is 2.96. The minimum Gasteiger partial charge on any atom is -0.481 e. The van der Waals surface area contributed by atoms with Crippen LogP contribution in [0.1, 0.15) is 41.5 Å². The number of carbonyl (C=O) groups excluding carboxylic acids is 1. The molecule has 6 nitrogen and oxygen atoms in total. The lowest BCUT2D eigenvalue weighted by atomic mass is 9.82. The van der Waals surface area contributed by atoms with E-state index in [1.54, 1.807) is 42.5 Å². The molecule has 1 aromatic carbocycles. The predicted molar refractivity (Wildman–Crippen MR) is 93.9 cm³/mol. The quantitative estimate of drug-likeness (QED) is 0.914. The number of nitrogens with zero attached hydrogens (tertiary/aromatic N) is 3. The van der Waals surface area contributed by atoms with Gasteiger partial charge in [-0.1, -0.05) is 0 Å². The lowest BCUT2D eigenvalue weighted by molar-refractivity contribution is -0.150. The Kier molecular flexibility index (Phi) is 4.56. The first-order valence-electron chi connectivity index (χ1n) is 8.58. The lowest BCUT2D eigenvalue weighted by Gasteiger charge is -2.37. The van der Waals surface area contributed by atoms with E-state index in [0.29, 0.717) is 42.0 Å². The van der Waals surface area contributed by atoms with Crippen molar-refractivity contribution in [3.8, 4) is 5.69 Å². The molecule has 1 aliphatic rings. The van der Waals surface area contributed by atoms with Crippen molar-refractivity contribution in [3.63, 3.8) is 0 Å². The van der Waals surface area contributed by atoms with Gasteiger partial charge >= 0.3 is 5.97 Å². The van der Waals surface area contributed by atoms with Gasteiger partial charge < -0.3 is 10.0 Å². The molecule has 1 unspecified atom stereocenters. The second-order valence-corrected chi connectivity index (χ2v) is 7.13. The number of aromatic nitrogens is 2. The normalized spacial score (nSPS) is 20.2. The first kappa shape index (κ1) is 18.1. The highest BCUT2D eigenvalue weighted by atomic mass is 19.1. The highest BCUT2D eigenvalue weighted by molar-refractivity contribution is 5.97. The van der Waals surface area contributed by atoms with Gasteiger partial charge in [-0.2, -0.15) is 5.10 Å².